The first-order chi connectivity index (χ1) is 0. The van der Waals surface area contributed by atoms with Gasteiger partial charge in [0.1, 0.15) is 0 Å². The molecule has 26 valence electrons. The molecule has 4 heavy (non-hydrogen) atoms. The first-order valence-electron chi connectivity index (χ1n) is 0. The maximum Gasteiger partial charge on any atom is 2.00 e. The van der Waals surface area contributed by atoms with E-state index in [9.17, 15) is 0 Å². The Balaban J connectivity index is 0. The Morgan fingerprint density at radius 2 is 1.25 bits per heavy atom. The van der Waals surface area contributed by atoms with Crippen LogP contribution in [0.1, 0.15) is 2.85 Å². The maximum absolute atomic E-state index is 0. The summed E-state index contributed by atoms with van der Waals surface area (Å²) < 4.78 is 0. The summed E-state index contributed by atoms with van der Waals surface area (Å²) in [5.41, 5.74) is 0. The predicted molar refractivity (Wildman–Crippen MR) is 11.6 cm³/mol. The molecule has 2 N–H and O–H groups in total. The van der Waals surface area contributed by atoms with Gasteiger partial charge >= 0.3 is 48.9 Å². The molecule has 0 heterocycles. The third kappa shape index (κ3) is 8.98. The summed E-state index contributed by atoms with van der Waals surface area (Å²) >= 11 is 0. The van der Waals surface area contributed by atoms with E-state index in [0.717, 1.165) is 0 Å². The van der Waals surface area contributed by atoms with E-state index >= 15 is 0 Å². The first-order valence-corrected chi connectivity index (χ1v) is 0. The molecule has 0 bridgehead atoms. The van der Waals surface area contributed by atoms with Crippen LogP contribution in [0.25, 0.3) is 0 Å². The molecule has 1 nitrogen and oxygen atoms in total. The van der Waals surface area contributed by atoms with Crippen molar-refractivity contribution >= 4 is 48.9 Å². The molecule has 0 spiro atoms. The number of hydrogen-bond donors (Lipinski definition) is 0. The van der Waals surface area contributed by atoms with Crippen LogP contribution in [0.2, 0.25) is 0 Å². The van der Waals surface area contributed by atoms with Crippen LogP contribution in [0.3, 0.4) is 0 Å². The van der Waals surface area contributed by atoms with Crippen molar-refractivity contribution in [2.75, 3.05) is 0 Å². The van der Waals surface area contributed by atoms with Crippen molar-refractivity contribution in [2.24, 2.45) is 0 Å². The van der Waals surface area contributed by atoms with Crippen molar-refractivity contribution in [3.05, 3.63) is 0 Å². The molecule has 2 radical (unpaired) electrons. The van der Waals surface area contributed by atoms with Gasteiger partial charge in [0, 0.05) is 52.7 Å². The predicted octanol–water partition coefficient (Wildman–Crippen LogP) is -0.983. The molecule has 0 aromatic carbocycles. The molecule has 0 aliphatic rings. The molecule has 4 heteroatoms. The van der Waals surface area contributed by atoms with Gasteiger partial charge in [-0.3, -0.25) is 0 Å². The summed E-state index contributed by atoms with van der Waals surface area (Å²) in [6.45, 7) is 0. The molecule has 0 aromatic rings. The van der Waals surface area contributed by atoms with Crippen molar-refractivity contribution < 1.29 is 61.0 Å². The van der Waals surface area contributed by atoms with E-state index in [-0.39, 0.29) is 110 Å². The average Bonchev–Trinajstić information content (AvgIpc) is 0. The van der Waals surface area contributed by atoms with E-state index in [1.165, 1.54) is 0 Å². The van der Waals surface area contributed by atoms with E-state index in [1.807, 2.05) is 0 Å². The Morgan fingerprint density at radius 1 is 1.25 bits per heavy atom. The Kier molecular flexibility index (Phi) is 109. The molecular formula is H4BaCuLaO. The second kappa shape index (κ2) is 16.3. The molecule has 0 atom stereocenters. The summed E-state index contributed by atoms with van der Waals surface area (Å²) in [7, 11) is 0. The number of rotatable bonds is 0. The summed E-state index contributed by atoms with van der Waals surface area (Å²) in [5.74, 6) is 0. The Morgan fingerprint density at radius 3 is 1.25 bits per heavy atom. The van der Waals surface area contributed by atoms with Crippen LogP contribution >= 0.6 is 0 Å². The molecule has 0 fully saturated rings. The summed E-state index contributed by atoms with van der Waals surface area (Å²) in [5, 5.41) is 0. The van der Waals surface area contributed by atoms with Gasteiger partial charge < -0.3 is 8.33 Å². The summed E-state index contributed by atoms with van der Waals surface area (Å²) in [4.78, 5) is 0. The van der Waals surface area contributed by atoms with Crippen LogP contribution in [0.5, 0.6) is 0 Å². The van der Waals surface area contributed by atoms with Gasteiger partial charge in [0.25, 0.3) is 0 Å². The van der Waals surface area contributed by atoms with Gasteiger partial charge in [-0.05, 0) is 0 Å². The molecule has 0 amide bonds. The molecule has 0 saturated heterocycles. The van der Waals surface area contributed by atoms with Gasteiger partial charge in [-0.15, -0.1) is 0 Å². The van der Waals surface area contributed by atoms with E-state index in [1.54, 1.807) is 0 Å². The van der Waals surface area contributed by atoms with Crippen LogP contribution in [0.15, 0.2) is 0 Å². The average molecular weight is 360 g/mol. The van der Waals surface area contributed by atoms with Crippen LogP contribution in [-0.2, 0) is 17.1 Å². The van der Waals surface area contributed by atoms with E-state index in [2.05, 4.69) is 0 Å². The fourth-order valence-electron chi connectivity index (χ4n) is 0. The van der Waals surface area contributed by atoms with E-state index < -0.39 is 0 Å². The minimum Gasteiger partial charge on any atom is -1.00 e. The third-order valence-corrected chi connectivity index (χ3v) is 0. The van der Waals surface area contributed by atoms with E-state index in [4.69, 9.17) is 0 Å². The molecule has 0 aromatic heterocycles. The van der Waals surface area contributed by atoms with Crippen molar-refractivity contribution in [1.82, 2.24) is 0 Å². The molecular weight excluding hydrogens is 356 g/mol. The minimum atomic E-state index is 0. The Hall–Kier alpha value is 3.25. The zero-order valence-electron chi connectivity index (χ0n) is 4.09. The van der Waals surface area contributed by atoms with Crippen LogP contribution in [-0.4, -0.2) is 54.4 Å². The van der Waals surface area contributed by atoms with Gasteiger partial charge in [-0.1, -0.05) is 0 Å². The quantitative estimate of drug-likeness (QED) is 0.498. The fraction of sp³-hybridized carbons (Fsp3) is 0. The van der Waals surface area contributed by atoms with Crippen LogP contribution in [0.4, 0.5) is 0 Å². The van der Waals surface area contributed by atoms with Crippen LogP contribution < -0.4 is 0 Å². The normalized spacial score (nSPS) is 0. The molecule has 0 rings (SSSR count). The molecule has 0 saturated carbocycles. The summed E-state index contributed by atoms with van der Waals surface area (Å²) in [6, 6.07) is 0. The number of hydrogen-bond acceptors (Lipinski definition) is 0. The van der Waals surface area contributed by atoms with Crippen LogP contribution in [0, 0.1) is 35.6 Å². The van der Waals surface area contributed by atoms with Crippen molar-refractivity contribution in [3.8, 4) is 0 Å². The zero-order valence-corrected chi connectivity index (χ0v) is 11.1. The van der Waals surface area contributed by atoms with Gasteiger partial charge in [0.2, 0.25) is 0 Å². The molecule has 0 aliphatic carbocycles. The molecule has 0 unspecified atom stereocenters. The largest absolute Gasteiger partial charge is 2.00 e. The van der Waals surface area contributed by atoms with Gasteiger partial charge in [0.05, 0.1) is 0 Å². The Labute approximate surface area is 107 Å². The fourth-order valence-corrected chi connectivity index (χ4v) is 0. The van der Waals surface area contributed by atoms with Crippen molar-refractivity contribution in [1.29, 1.82) is 0 Å². The second-order valence-corrected chi connectivity index (χ2v) is 0. The minimum absolute atomic E-state index is 0. The summed E-state index contributed by atoms with van der Waals surface area (Å²) in [6.07, 6.45) is 0. The third-order valence-electron chi connectivity index (χ3n) is 0. The SMILES string of the molecule is O.[Ba+2].[Cu].[H-].[H-].[La]. The first kappa shape index (κ1) is 26.8. The second-order valence-electron chi connectivity index (χ2n) is 0. The smallest absolute Gasteiger partial charge is 1.00 e. The van der Waals surface area contributed by atoms with Gasteiger partial charge in [-0.2, -0.15) is 0 Å². The van der Waals surface area contributed by atoms with Crippen molar-refractivity contribution in [3.63, 3.8) is 0 Å². The topological polar surface area (TPSA) is 31.5 Å². The standard InChI is InChI=1S/Ba.Cu.La.H2O.2H/h;;;1H2;;/q+2;;;;2*-1. The van der Waals surface area contributed by atoms with Crippen molar-refractivity contribution in [2.45, 2.75) is 0 Å². The maximum atomic E-state index is 0. The molecule has 0 aliphatic heterocycles. The van der Waals surface area contributed by atoms with Gasteiger partial charge in [0.15, 0.2) is 0 Å². The Bertz CT molecular complexity index is 13.5. The zero-order chi connectivity index (χ0) is 0. The monoisotopic (exact) mass is 360 g/mol. The van der Waals surface area contributed by atoms with Gasteiger partial charge in [-0.25, -0.2) is 0 Å². The van der Waals surface area contributed by atoms with E-state index in [0.29, 0.717) is 0 Å².